The fraction of sp³-hybridized carbons (Fsp3) is 0.200. The molecule has 1 heterocycles. The Hall–Kier alpha value is -3.06. The van der Waals surface area contributed by atoms with E-state index in [1.165, 1.54) is 19.2 Å². The summed E-state index contributed by atoms with van der Waals surface area (Å²) in [7, 11) is 2.99. The molecule has 0 unspecified atom stereocenters. The molecule has 0 saturated heterocycles. The largest absolute Gasteiger partial charge is 0.496 e. The summed E-state index contributed by atoms with van der Waals surface area (Å²) in [5, 5.41) is 3.19. The molecule has 1 aromatic heterocycles. The van der Waals surface area contributed by atoms with Gasteiger partial charge < -0.3 is 19.4 Å². The molecular weight excluding hydrogens is 385 g/mol. The summed E-state index contributed by atoms with van der Waals surface area (Å²) >= 11 is 5.88. The molecule has 0 saturated carbocycles. The van der Waals surface area contributed by atoms with Crippen LogP contribution in [0, 0.1) is 12.7 Å². The van der Waals surface area contributed by atoms with Crippen molar-refractivity contribution in [3.63, 3.8) is 0 Å². The normalized spacial score (nSPS) is 10.6. The molecule has 0 bridgehead atoms. The zero-order valence-corrected chi connectivity index (χ0v) is 16.4. The van der Waals surface area contributed by atoms with Crippen molar-refractivity contribution >= 4 is 23.2 Å². The lowest BCUT2D eigenvalue weighted by Crippen LogP contribution is -2.19. The number of hydrogen-bond donors (Lipinski definition) is 1. The molecule has 0 aliphatic heterocycles. The number of nitrogens with one attached hydrogen (secondary N) is 1. The average Bonchev–Trinajstić information content (AvgIpc) is 2.68. The van der Waals surface area contributed by atoms with Crippen molar-refractivity contribution in [2.45, 2.75) is 13.5 Å². The Kier molecular flexibility index (Phi) is 5.84. The maximum Gasteiger partial charge on any atom is 0.316 e. The molecule has 2 aromatic carbocycles. The van der Waals surface area contributed by atoms with Gasteiger partial charge in [0.2, 0.25) is 11.7 Å². The minimum atomic E-state index is -0.501. The first kappa shape index (κ1) is 19.7. The summed E-state index contributed by atoms with van der Waals surface area (Å²) in [6.07, 6.45) is 1.55. The van der Waals surface area contributed by atoms with Gasteiger partial charge in [-0.15, -0.1) is 0 Å². The van der Waals surface area contributed by atoms with Crippen LogP contribution in [-0.2, 0) is 6.54 Å². The number of hydrogen-bond acceptors (Lipinski definition) is 5. The minimum Gasteiger partial charge on any atom is -0.496 e. The Morgan fingerprint density at radius 2 is 1.93 bits per heavy atom. The molecular formula is C20H19ClFN3O3. The van der Waals surface area contributed by atoms with Crippen molar-refractivity contribution in [2.24, 2.45) is 0 Å². The van der Waals surface area contributed by atoms with Crippen LogP contribution in [0.3, 0.4) is 0 Å². The number of ether oxygens (including phenoxy) is 2. The van der Waals surface area contributed by atoms with Gasteiger partial charge in [0.15, 0.2) is 0 Å². The van der Waals surface area contributed by atoms with Crippen molar-refractivity contribution < 1.29 is 13.9 Å². The maximum absolute atomic E-state index is 13.5. The second-order valence-electron chi connectivity index (χ2n) is 6.07. The Bertz CT molecular complexity index is 1070. The quantitative estimate of drug-likeness (QED) is 0.669. The SMILES string of the molecule is COc1cccc(Nc2nc(=O)c(OC)cn2Cc2ccc(F)c(Cl)c2)c1C. The van der Waals surface area contributed by atoms with Crippen LogP contribution in [0.1, 0.15) is 11.1 Å². The van der Waals surface area contributed by atoms with Crippen LogP contribution in [0.5, 0.6) is 11.5 Å². The van der Waals surface area contributed by atoms with Crippen molar-refractivity contribution in [1.29, 1.82) is 0 Å². The lowest BCUT2D eigenvalue weighted by atomic mass is 10.2. The van der Waals surface area contributed by atoms with E-state index in [1.807, 2.05) is 25.1 Å². The number of halogens is 2. The Morgan fingerprint density at radius 1 is 1.18 bits per heavy atom. The summed E-state index contributed by atoms with van der Waals surface area (Å²) in [4.78, 5) is 16.3. The van der Waals surface area contributed by atoms with Crippen molar-refractivity contribution in [1.82, 2.24) is 9.55 Å². The summed E-state index contributed by atoms with van der Waals surface area (Å²) in [6, 6.07) is 9.97. The molecule has 0 fully saturated rings. The lowest BCUT2D eigenvalue weighted by Gasteiger charge is -2.17. The fourth-order valence-corrected chi connectivity index (χ4v) is 2.96. The van der Waals surface area contributed by atoms with E-state index >= 15 is 0 Å². The predicted octanol–water partition coefficient (Wildman–Crippen LogP) is 4.15. The third-order valence-corrected chi connectivity index (χ3v) is 4.56. The Labute approximate surface area is 166 Å². The fourth-order valence-electron chi connectivity index (χ4n) is 2.76. The average molecular weight is 404 g/mol. The number of benzene rings is 2. The van der Waals surface area contributed by atoms with Crippen molar-refractivity contribution in [2.75, 3.05) is 19.5 Å². The smallest absolute Gasteiger partial charge is 0.316 e. The first-order valence-electron chi connectivity index (χ1n) is 8.43. The van der Waals surface area contributed by atoms with Gasteiger partial charge in [-0.1, -0.05) is 23.7 Å². The minimum absolute atomic E-state index is 0.0246. The van der Waals surface area contributed by atoms with Crippen LogP contribution in [0.25, 0.3) is 0 Å². The monoisotopic (exact) mass is 403 g/mol. The van der Waals surface area contributed by atoms with Gasteiger partial charge in [0.05, 0.1) is 32.0 Å². The molecule has 146 valence electrons. The van der Waals surface area contributed by atoms with Crippen LogP contribution in [0.4, 0.5) is 16.0 Å². The molecule has 3 rings (SSSR count). The van der Waals surface area contributed by atoms with Gasteiger partial charge in [0, 0.05) is 11.3 Å². The molecule has 0 aliphatic carbocycles. The highest BCUT2D eigenvalue weighted by Crippen LogP contribution is 2.27. The van der Waals surface area contributed by atoms with Gasteiger partial charge in [-0.05, 0) is 36.8 Å². The maximum atomic E-state index is 13.5. The summed E-state index contributed by atoms with van der Waals surface area (Å²) in [5.41, 5.74) is 1.84. The van der Waals surface area contributed by atoms with Crippen LogP contribution in [0.15, 0.2) is 47.4 Å². The highest BCUT2D eigenvalue weighted by molar-refractivity contribution is 6.30. The number of nitrogens with zero attached hydrogens (tertiary/aromatic N) is 2. The molecule has 0 spiro atoms. The molecule has 1 N–H and O–H groups in total. The molecule has 0 amide bonds. The molecule has 0 atom stereocenters. The zero-order chi connectivity index (χ0) is 20.3. The highest BCUT2D eigenvalue weighted by Gasteiger charge is 2.13. The highest BCUT2D eigenvalue weighted by atomic mass is 35.5. The van der Waals surface area contributed by atoms with E-state index in [2.05, 4.69) is 10.3 Å². The molecule has 0 radical (unpaired) electrons. The molecule has 6 nitrogen and oxygen atoms in total. The molecule has 0 aliphatic rings. The van der Waals surface area contributed by atoms with E-state index in [0.29, 0.717) is 18.2 Å². The van der Waals surface area contributed by atoms with Gasteiger partial charge >= 0.3 is 5.56 Å². The molecule has 8 heteroatoms. The second kappa shape index (κ2) is 8.31. The second-order valence-corrected chi connectivity index (χ2v) is 6.48. The van der Waals surface area contributed by atoms with Crippen molar-refractivity contribution in [3.05, 3.63) is 74.9 Å². The summed E-state index contributed by atoms with van der Waals surface area (Å²) in [6.45, 7) is 2.20. The van der Waals surface area contributed by atoms with Gasteiger partial charge in [-0.2, -0.15) is 4.98 Å². The van der Waals surface area contributed by atoms with Crippen LogP contribution in [-0.4, -0.2) is 23.8 Å². The molecule has 28 heavy (non-hydrogen) atoms. The van der Waals surface area contributed by atoms with E-state index in [1.54, 1.807) is 23.9 Å². The summed E-state index contributed by atoms with van der Waals surface area (Å²) in [5.74, 6) is 0.618. The van der Waals surface area contributed by atoms with E-state index < -0.39 is 11.4 Å². The predicted molar refractivity (Wildman–Crippen MR) is 107 cm³/mol. The lowest BCUT2D eigenvalue weighted by molar-refractivity contribution is 0.402. The summed E-state index contributed by atoms with van der Waals surface area (Å²) < 4.78 is 25.6. The first-order chi connectivity index (χ1) is 13.4. The Balaban J connectivity index is 2.03. The van der Waals surface area contributed by atoms with Gasteiger partial charge in [0.25, 0.3) is 0 Å². The van der Waals surface area contributed by atoms with Gasteiger partial charge in [0.1, 0.15) is 11.6 Å². The number of anilines is 2. The third-order valence-electron chi connectivity index (χ3n) is 4.27. The number of aromatic nitrogens is 2. The standard InChI is InChI=1S/C20H19ClFN3O3/c1-12-16(5-4-6-17(12)27-2)23-20-24-19(26)18(28-3)11-25(20)10-13-7-8-15(22)14(21)9-13/h4-9,11H,10H2,1-3H3,(H,23,24,26). The number of methoxy groups -OCH3 is 2. The third kappa shape index (κ3) is 4.09. The van der Waals surface area contributed by atoms with E-state index in [-0.39, 0.29) is 10.8 Å². The van der Waals surface area contributed by atoms with E-state index in [9.17, 15) is 9.18 Å². The number of rotatable bonds is 6. The van der Waals surface area contributed by atoms with Crippen LogP contribution >= 0.6 is 11.6 Å². The van der Waals surface area contributed by atoms with E-state index in [0.717, 1.165) is 16.8 Å². The Morgan fingerprint density at radius 3 is 2.61 bits per heavy atom. The van der Waals surface area contributed by atoms with Crippen molar-refractivity contribution in [3.8, 4) is 11.5 Å². The van der Waals surface area contributed by atoms with Crippen LogP contribution < -0.4 is 20.3 Å². The van der Waals surface area contributed by atoms with Gasteiger partial charge in [-0.25, -0.2) is 4.39 Å². The molecule has 3 aromatic rings. The van der Waals surface area contributed by atoms with Crippen LogP contribution in [0.2, 0.25) is 5.02 Å². The van der Waals surface area contributed by atoms with E-state index in [4.69, 9.17) is 21.1 Å². The first-order valence-corrected chi connectivity index (χ1v) is 8.80. The zero-order valence-electron chi connectivity index (χ0n) is 15.6. The van der Waals surface area contributed by atoms with Gasteiger partial charge in [-0.3, -0.25) is 4.79 Å². The topological polar surface area (TPSA) is 65.4 Å².